The van der Waals surface area contributed by atoms with Crippen molar-refractivity contribution in [2.45, 2.75) is 146 Å². The molecule has 0 aliphatic heterocycles. The molecule has 8 aliphatic rings. The minimum absolute atomic E-state index is 0.00843. The molecule has 2 heteroatoms. The van der Waals surface area contributed by atoms with Crippen LogP contribution in [0, 0.1) is 35.5 Å². The minimum Gasteiger partial charge on any atom is -0.380 e. The van der Waals surface area contributed by atoms with E-state index in [4.69, 9.17) is 0 Å². The van der Waals surface area contributed by atoms with Crippen molar-refractivity contribution >= 4 is 11.4 Å². The maximum atomic E-state index is 4.39. The number of hydrogen-bond donors (Lipinski definition) is 2. The summed E-state index contributed by atoms with van der Waals surface area (Å²) in [6.45, 7) is 14.4. The summed E-state index contributed by atoms with van der Waals surface area (Å²) in [6.07, 6.45) is 16.8. The molecule has 0 unspecified atom stereocenters. The SMILES string of the molecule is CC(C)(C)c1cc(NC23CC4CC(CC(C4)C2)C3)cc(C(c2ccccc2)(c2ccccc2)c2cc(NC34CC5CC(CC(C5)C3)C4)cc(C(C)(C)C)c2)c1. The van der Waals surface area contributed by atoms with Crippen LogP contribution in [-0.4, -0.2) is 11.1 Å². The van der Waals surface area contributed by atoms with Gasteiger partial charge in [-0.25, -0.2) is 0 Å². The molecule has 2 N–H and O–H groups in total. The average Bonchev–Trinajstić information content (AvgIpc) is 3.10. The molecule has 0 spiro atoms. The molecule has 0 saturated heterocycles. The van der Waals surface area contributed by atoms with E-state index in [1.807, 2.05) is 0 Å². The Kier molecular flexibility index (Phi) is 8.31. The molecule has 0 atom stereocenters. The lowest BCUT2D eigenvalue weighted by Gasteiger charge is -2.57. The van der Waals surface area contributed by atoms with Crippen LogP contribution in [0.25, 0.3) is 0 Å². The molecule has 288 valence electrons. The number of hydrogen-bond acceptors (Lipinski definition) is 2. The van der Waals surface area contributed by atoms with Crippen molar-refractivity contribution in [3.8, 4) is 0 Å². The average molecular weight is 731 g/mol. The Morgan fingerprint density at radius 2 is 0.673 bits per heavy atom. The molecule has 12 rings (SSSR count). The molecule has 0 aromatic heterocycles. The van der Waals surface area contributed by atoms with Gasteiger partial charge in [0.25, 0.3) is 0 Å². The van der Waals surface area contributed by atoms with Crippen LogP contribution >= 0.6 is 0 Å². The first-order valence-electron chi connectivity index (χ1n) is 22.3. The van der Waals surface area contributed by atoms with Gasteiger partial charge in [0.05, 0.1) is 5.41 Å². The summed E-state index contributed by atoms with van der Waals surface area (Å²) in [5.74, 6) is 5.40. The molecule has 8 bridgehead atoms. The van der Waals surface area contributed by atoms with Gasteiger partial charge in [0.1, 0.15) is 0 Å². The topological polar surface area (TPSA) is 24.1 Å². The van der Waals surface area contributed by atoms with Crippen molar-refractivity contribution in [2.24, 2.45) is 35.5 Å². The smallest absolute Gasteiger partial charge is 0.0703 e. The van der Waals surface area contributed by atoms with Crippen LogP contribution in [0.15, 0.2) is 97.1 Å². The van der Waals surface area contributed by atoms with Crippen LogP contribution in [0.3, 0.4) is 0 Å². The fourth-order valence-corrected chi connectivity index (χ4v) is 14.2. The van der Waals surface area contributed by atoms with Crippen molar-refractivity contribution < 1.29 is 0 Å². The van der Waals surface area contributed by atoms with E-state index < -0.39 is 5.41 Å². The van der Waals surface area contributed by atoms with E-state index in [1.54, 1.807) is 0 Å². The summed E-state index contributed by atoms with van der Waals surface area (Å²) in [5, 5.41) is 8.77. The Balaban J connectivity index is 1.19. The van der Waals surface area contributed by atoms with Crippen LogP contribution in [0.4, 0.5) is 11.4 Å². The third-order valence-electron chi connectivity index (χ3n) is 15.8. The lowest BCUT2D eigenvalue weighted by Crippen LogP contribution is -2.54. The Labute approximate surface area is 332 Å². The maximum absolute atomic E-state index is 4.39. The van der Waals surface area contributed by atoms with Crippen molar-refractivity contribution in [3.05, 3.63) is 130 Å². The zero-order chi connectivity index (χ0) is 37.8. The van der Waals surface area contributed by atoms with Crippen molar-refractivity contribution in [3.63, 3.8) is 0 Å². The fourth-order valence-electron chi connectivity index (χ4n) is 14.2. The van der Waals surface area contributed by atoms with Crippen molar-refractivity contribution in [2.75, 3.05) is 10.6 Å². The quantitative estimate of drug-likeness (QED) is 0.176. The number of rotatable bonds is 8. The standard InChI is InChI=1S/C53H66N2/c1-49(2,3)43-23-45(27-47(25-43)54-51-29-35-17-36(30-51)19-37(18-35)31-51)53(41-13-9-7-10-14-41,42-15-11-8-12-16-42)46-24-44(50(4,5)6)26-48(28-46)55-52-32-38-20-39(33-52)22-40(21-38)34-52/h7-16,23-28,35-40,54-55H,17-22,29-34H2,1-6H3. The summed E-state index contributed by atoms with van der Waals surface area (Å²) in [6, 6.07) is 38.4. The highest BCUT2D eigenvalue weighted by Crippen LogP contribution is 2.59. The normalized spacial score (nSPS) is 32.2. The van der Waals surface area contributed by atoms with Crippen LogP contribution in [0.5, 0.6) is 0 Å². The lowest BCUT2D eigenvalue weighted by atomic mass is 9.53. The molecule has 2 nitrogen and oxygen atoms in total. The van der Waals surface area contributed by atoms with Gasteiger partial charge in [0.2, 0.25) is 0 Å². The predicted molar refractivity (Wildman–Crippen MR) is 231 cm³/mol. The predicted octanol–water partition coefficient (Wildman–Crippen LogP) is 13.4. The summed E-state index contributed by atoms with van der Waals surface area (Å²) >= 11 is 0. The Morgan fingerprint density at radius 1 is 0.382 bits per heavy atom. The minimum atomic E-state index is -0.527. The van der Waals surface area contributed by atoms with E-state index in [2.05, 4.69) is 149 Å². The largest absolute Gasteiger partial charge is 0.380 e. The van der Waals surface area contributed by atoms with Gasteiger partial charge in [0, 0.05) is 22.5 Å². The number of anilines is 2. The second-order valence-electron chi connectivity index (χ2n) is 22.2. The molecule has 0 amide bonds. The van der Waals surface area contributed by atoms with Gasteiger partial charge in [-0.05, 0) is 181 Å². The molecule has 4 aromatic carbocycles. The van der Waals surface area contributed by atoms with Gasteiger partial charge >= 0.3 is 0 Å². The molecule has 8 aliphatic carbocycles. The van der Waals surface area contributed by atoms with Crippen molar-refractivity contribution in [1.82, 2.24) is 0 Å². The molecule has 8 saturated carbocycles. The second-order valence-corrected chi connectivity index (χ2v) is 22.2. The zero-order valence-electron chi connectivity index (χ0n) is 34.7. The molecule has 0 heterocycles. The van der Waals surface area contributed by atoms with Crippen molar-refractivity contribution in [1.29, 1.82) is 0 Å². The molecule has 4 aromatic rings. The molecule has 8 fully saturated rings. The number of benzene rings is 4. The maximum Gasteiger partial charge on any atom is 0.0703 e. The third kappa shape index (κ3) is 6.37. The highest BCUT2D eigenvalue weighted by Gasteiger charge is 2.52. The van der Waals surface area contributed by atoms with Crippen LogP contribution in [0.2, 0.25) is 0 Å². The van der Waals surface area contributed by atoms with E-state index in [0.717, 1.165) is 35.5 Å². The third-order valence-corrected chi connectivity index (χ3v) is 15.8. The van der Waals surface area contributed by atoms with Gasteiger partial charge in [-0.1, -0.05) is 114 Å². The van der Waals surface area contributed by atoms with Gasteiger partial charge in [-0.2, -0.15) is 0 Å². The zero-order valence-corrected chi connectivity index (χ0v) is 34.7. The number of nitrogens with one attached hydrogen (secondary N) is 2. The van der Waals surface area contributed by atoms with Crippen LogP contribution < -0.4 is 10.6 Å². The van der Waals surface area contributed by atoms with Crippen LogP contribution in [-0.2, 0) is 16.2 Å². The fraction of sp³-hybridized carbons (Fsp3) is 0.547. The summed E-state index contributed by atoms with van der Waals surface area (Å²) in [5.41, 5.74) is 10.8. The molecule has 0 radical (unpaired) electrons. The van der Waals surface area contributed by atoms with E-state index >= 15 is 0 Å². The first kappa shape index (κ1) is 35.9. The van der Waals surface area contributed by atoms with Gasteiger partial charge in [0.15, 0.2) is 0 Å². The highest BCUT2D eigenvalue weighted by molar-refractivity contribution is 5.67. The van der Waals surface area contributed by atoms with Gasteiger partial charge in [-0.3, -0.25) is 0 Å². The first-order chi connectivity index (χ1) is 26.3. The highest BCUT2D eigenvalue weighted by atomic mass is 15.0. The Hall–Kier alpha value is -3.52. The van der Waals surface area contributed by atoms with Gasteiger partial charge < -0.3 is 10.6 Å². The molecule has 55 heavy (non-hydrogen) atoms. The van der Waals surface area contributed by atoms with Crippen LogP contribution in [0.1, 0.15) is 152 Å². The summed E-state index contributed by atoms with van der Waals surface area (Å²) < 4.78 is 0. The Morgan fingerprint density at radius 3 is 0.964 bits per heavy atom. The lowest BCUT2D eigenvalue weighted by molar-refractivity contribution is 0.0105. The molecular weight excluding hydrogens is 665 g/mol. The van der Waals surface area contributed by atoms with E-state index in [1.165, 1.54) is 122 Å². The summed E-state index contributed by atoms with van der Waals surface area (Å²) in [7, 11) is 0. The summed E-state index contributed by atoms with van der Waals surface area (Å²) in [4.78, 5) is 0. The van der Waals surface area contributed by atoms with E-state index in [0.29, 0.717) is 0 Å². The Bertz CT molecular complexity index is 1820. The first-order valence-corrected chi connectivity index (χ1v) is 22.3. The van der Waals surface area contributed by atoms with E-state index in [-0.39, 0.29) is 21.9 Å². The monoisotopic (exact) mass is 731 g/mol. The van der Waals surface area contributed by atoms with Gasteiger partial charge in [-0.15, -0.1) is 0 Å². The van der Waals surface area contributed by atoms with E-state index in [9.17, 15) is 0 Å². The molecular formula is C53H66N2. The second kappa shape index (κ2) is 12.7.